The number of hydrogen-bond acceptors (Lipinski definition) is 5. The maximum absolute atomic E-state index is 12.9. The first-order valence-electron chi connectivity index (χ1n) is 9.39. The summed E-state index contributed by atoms with van der Waals surface area (Å²) in [6, 6.07) is 15.1. The van der Waals surface area contributed by atoms with Crippen LogP contribution in [0.15, 0.2) is 59.5 Å². The predicted molar refractivity (Wildman–Crippen MR) is 108 cm³/mol. The molecular formula is C21H18N6O2. The lowest BCUT2D eigenvalue weighted by molar-refractivity contribution is -0.119. The zero-order valence-electron chi connectivity index (χ0n) is 15.8. The largest absolute Gasteiger partial charge is 0.352 e. The number of carbonyl (C=O) groups is 1. The molecule has 4 aromatic rings. The van der Waals surface area contributed by atoms with Crippen molar-refractivity contribution < 1.29 is 4.79 Å². The van der Waals surface area contributed by atoms with E-state index in [1.165, 1.54) is 9.08 Å². The molecular weight excluding hydrogens is 368 g/mol. The van der Waals surface area contributed by atoms with Gasteiger partial charge in [0.1, 0.15) is 12.4 Å². The fraction of sp³-hybridized carbons (Fsp3) is 0.190. The Morgan fingerprint density at radius 3 is 2.76 bits per heavy atom. The smallest absolute Gasteiger partial charge is 0.310 e. The number of nitrogens with zero attached hydrogens (tertiary/aromatic N) is 6. The minimum Gasteiger partial charge on any atom is -0.310 e. The second-order valence-electron chi connectivity index (χ2n) is 6.96. The van der Waals surface area contributed by atoms with E-state index in [1.54, 1.807) is 24.1 Å². The molecule has 8 heteroatoms. The number of amides is 1. The number of aromatic nitrogens is 5. The van der Waals surface area contributed by atoms with Crippen molar-refractivity contribution in [1.29, 1.82) is 0 Å². The highest BCUT2D eigenvalue weighted by Crippen LogP contribution is 2.27. The molecule has 0 saturated heterocycles. The molecule has 0 unspecified atom stereocenters. The standard InChI is InChI=1S/C21H18N6O2/c1-14-23-17(16-7-4-5-10-22-16)12-19-24-26(21(29)27(14)19)13-20(28)25-11-9-15-6-2-3-8-18(15)25/h2-8,10,12H,9,11,13H2,1H3. The SMILES string of the molecule is Cc1nc(-c2ccccn2)cc2nn(CC(=O)N3CCc4ccccc43)c(=O)n12. The van der Waals surface area contributed by atoms with Gasteiger partial charge in [-0.2, -0.15) is 0 Å². The van der Waals surface area contributed by atoms with Crippen LogP contribution in [-0.4, -0.2) is 36.6 Å². The maximum atomic E-state index is 12.9. The molecule has 5 rings (SSSR count). The van der Waals surface area contributed by atoms with Gasteiger partial charge in [-0.1, -0.05) is 24.3 Å². The number of aryl methyl sites for hydroxylation is 1. The third kappa shape index (κ3) is 2.89. The topological polar surface area (TPSA) is 85.4 Å². The zero-order chi connectivity index (χ0) is 20.0. The Hall–Kier alpha value is -3.81. The van der Waals surface area contributed by atoms with Crippen molar-refractivity contribution >= 4 is 17.2 Å². The van der Waals surface area contributed by atoms with Gasteiger partial charge in [-0.15, -0.1) is 5.10 Å². The van der Waals surface area contributed by atoms with Gasteiger partial charge in [0.2, 0.25) is 5.91 Å². The lowest BCUT2D eigenvalue weighted by Crippen LogP contribution is -2.36. The lowest BCUT2D eigenvalue weighted by atomic mass is 10.2. The summed E-state index contributed by atoms with van der Waals surface area (Å²) >= 11 is 0. The van der Waals surface area contributed by atoms with E-state index >= 15 is 0 Å². The Morgan fingerprint density at radius 2 is 1.93 bits per heavy atom. The van der Waals surface area contributed by atoms with E-state index in [0.717, 1.165) is 17.7 Å². The first-order chi connectivity index (χ1) is 14.1. The van der Waals surface area contributed by atoms with E-state index in [4.69, 9.17) is 0 Å². The van der Waals surface area contributed by atoms with Gasteiger partial charge in [0.05, 0.1) is 11.4 Å². The number of pyridine rings is 1. The number of benzene rings is 1. The highest BCUT2D eigenvalue weighted by atomic mass is 16.2. The van der Waals surface area contributed by atoms with Gasteiger partial charge < -0.3 is 4.90 Å². The molecule has 0 aliphatic carbocycles. The summed E-state index contributed by atoms with van der Waals surface area (Å²) in [5.74, 6) is 0.342. The minimum atomic E-state index is -0.376. The molecule has 0 spiro atoms. The number of rotatable bonds is 3. The Bertz CT molecular complexity index is 1290. The minimum absolute atomic E-state index is 0.118. The van der Waals surface area contributed by atoms with Crippen molar-refractivity contribution in [1.82, 2.24) is 24.1 Å². The second-order valence-corrected chi connectivity index (χ2v) is 6.96. The highest BCUT2D eigenvalue weighted by Gasteiger charge is 2.25. The van der Waals surface area contributed by atoms with Crippen molar-refractivity contribution in [3.8, 4) is 11.4 Å². The Labute approximate surface area is 166 Å². The summed E-state index contributed by atoms with van der Waals surface area (Å²) in [7, 11) is 0. The van der Waals surface area contributed by atoms with Crippen molar-refractivity contribution in [2.75, 3.05) is 11.4 Å². The predicted octanol–water partition coefficient (Wildman–Crippen LogP) is 1.85. The van der Waals surface area contributed by atoms with Gasteiger partial charge in [0.15, 0.2) is 5.65 Å². The summed E-state index contributed by atoms with van der Waals surface area (Å²) in [5, 5.41) is 4.38. The molecule has 0 saturated carbocycles. The quantitative estimate of drug-likeness (QED) is 0.536. The van der Waals surface area contributed by atoms with Crippen molar-refractivity contribution in [3.05, 3.63) is 76.6 Å². The molecule has 8 nitrogen and oxygen atoms in total. The van der Waals surface area contributed by atoms with Gasteiger partial charge in [-0.3, -0.25) is 9.78 Å². The van der Waals surface area contributed by atoms with Gasteiger partial charge in [-0.05, 0) is 37.1 Å². The first kappa shape index (κ1) is 17.3. The van der Waals surface area contributed by atoms with Crippen LogP contribution in [0.2, 0.25) is 0 Å². The molecule has 144 valence electrons. The van der Waals surface area contributed by atoms with E-state index < -0.39 is 0 Å². The summed E-state index contributed by atoms with van der Waals surface area (Å²) in [6.45, 7) is 2.24. The Morgan fingerprint density at radius 1 is 1.10 bits per heavy atom. The summed E-state index contributed by atoms with van der Waals surface area (Å²) in [6.07, 6.45) is 2.51. The molecule has 29 heavy (non-hydrogen) atoms. The van der Waals surface area contributed by atoms with Crippen LogP contribution < -0.4 is 10.6 Å². The molecule has 1 aromatic carbocycles. The van der Waals surface area contributed by atoms with Gasteiger partial charge >= 0.3 is 5.69 Å². The average molecular weight is 386 g/mol. The molecule has 0 N–H and O–H groups in total. The van der Waals surface area contributed by atoms with Gasteiger partial charge in [-0.25, -0.2) is 18.9 Å². The zero-order valence-corrected chi connectivity index (χ0v) is 15.8. The number of anilines is 1. The number of hydrogen-bond donors (Lipinski definition) is 0. The van der Waals surface area contributed by atoms with Crippen LogP contribution in [-0.2, 0) is 17.8 Å². The van der Waals surface area contributed by atoms with E-state index in [-0.39, 0.29) is 18.1 Å². The summed E-state index contributed by atoms with van der Waals surface area (Å²) < 4.78 is 2.62. The Balaban J connectivity index is 1.50. The third-order valence-corrected chi connectivity index (χ3v) is 5.14. The highest BCUT2D eigenvalue weighted by molar-refractivity contribution is 5.95. The van der Waals surface area contributed by atoms with E-state index in [1.807, 2.05) is 42.5 Å². The van der Waals surface area contributed by atoms with Crippen LogP contribution in [0.4, 0.5) is 5.69 Å². The third-order valence-electron chi connectivity index (χ3n) is 5.14. The van der Waals surface area contributed by atoms with E-state index in [2.05, 4.69) is 15.1 Å². The summed E-state index contributed by atoms with van der Waals surface area (Å²) in [4.78, 5) is 36.2. The second kappa shape index (κ2) is 6.66. The molecule has 1 aliphatic rings. The number of para-hydroxylation sites is 1. The maximum Gasteiger partial charge on any atom is 0.352 e. The van der Waals surface area contributed by atoms with Gasteiger partial charge in [0, 0.05) is 24.5 Å². The molecule has 1 amide bonds. The first-order valence-corrected chi connectivity index (χ1v) is 9.39. The van der Waals surface area contributed by atoms with Crippen LogP contribution in [0, 0.1) is 6.92 Å². The Kier molecular flexibility index (Phi) is 3.97. The van der Waals surface area contributed by atoms with Crippen LogP contribution >= 0.6 is 0 Å². The number of carbonyl (C=O) groups excluding carboxylic acids is 1. The van der Waals surface area contributed by atoms with Crippen LogP contribution in [0.1, 0.15) is 11.4 Å². The van der Waals surface area contributed by atoms with Gasteiger partial charge in [0.25, 0.3) is 0 Å². The fourth-order valence-corrected chi connectivity index (χ4v) is 3.76. The van der Waals surface area contributed by atoms with Crippen LogP contribution in [0.5, 0.6) is 0 Å². The van der Waals surface area contributed by atoms with Crippen LogP contribution in [0.3, 0.4) is 0 Å². The molecule has 0 fully saturated rings. The normalized spacial score (nSPS) is 13.1. The van der Waals surface area contributed by atoms with E-state index in [9.17, 15) is 9.59 Å². The lowest BCUT2D eigenvalue weighted by Gasteiger charge is -2.16. The average Bonchev–Trinajstić information content (AvgIpc) is 3.30. The summed E-state index contributed by atoms with van der Waals surface area (Å²) in [5.41, 5.74) is 3.45. The molecule has 1 aliphatic heterocycles. The molecule has 0 radical (unpaired) electrons. The van der Waals surface area contributed by atoms with E-state index in [0.29, 0.717) is 29.4 Å². The molecule has 3 aromatic heterocycles. The van der Waals surface area contributed by atoms with Crippen molar-refractivity contribution in [3.63, 3.8) is 0 Å². The van der Waals surface area contributed by atoms with Crippen molar-refractivity contribution in [2.24, 2.45) is 0 Å². The van der Waals surface area contributed by atoms with Crippen LogP contribution in [0.25, 0.3) is 17.0 Å². The number of fused-ring (bicyclic) bond motifs is 2. The fourth-order valence-electron chi connectivity index (χ4n) is 3.76. The van der Waals surface area contributed by atoms with Crippen molar-refractivity contribution in [2.45, 2.75) is 19.9 Å². The monoisotopic (exact) mass is 386 g/mol. The molecule has 0 bridgehead atoms. The molecule has 0 atom stereocenters. The molecule has 4 heterocycles.